The highest BCUT2D eigenvalue weighted by molar-refractivity contribution is 5.73. The van der Waals surface area contributed by atoms with Gasteiger partial charge in [-0.25, -0.2) is 0 Å². The molecule has 0 unspecified atom stereocenters. The van der Waals surface area contributed by atoms with E-state index in [0.29, 0.717) is 6.42 Å². The summed E-state index contributed by atoms with van der Waals surface area (Å²) >= 11 is 0. The number of halogens is 3. The number of hydrogen-bond acceptors (Lipinski definition) is 3. The van der Waals surface area contributed by atoms with Crippen molar-refractivity contribution in [1.29, 1.82) is 0 Å². The molecule has 0 aromatic carbocycles. The maximum absolute atomic E-state index is 12.7. The zero-order valence-electron chi connectivity index (χ0n) is 12.0. The number of carbonyl (C=O) groups is 1. The highest BCUT2D eigenvalue weighted by Crippen LogP contribution is 2.29. The number of alkyl halides is 3. The maximum Gasteiger partial charge on any atom is 0.404 e. The van der Waals surface area contributed by atoms with Crippen LogP contribution >= 0.6 is 0 Å². The van der Waals surface area contributed by atoms with Gasteiger partial charge in [0.15, 0.2) is 0 Å². The molecule has 0 rings (SSSR count). The first-order valence-corrected chi connectivity index (χ1v) is 6.54. The fourth-order valence-electron chi connectivity index (χ4n) is 1.66. The molecular formula is C13H24F3NO2. The Labute approximate surface area is 112 Å². The summed E-state index contributed by atoms with van der Waals surface area (Å²) in [5.74, 6) is -2.20. The second-order valence-electron chi connectivity index (χ2n) is 5.70. The third-order valence-corrected chi connectivity index (χ3v) is 2.64. The first-order chi connectivity index (χ1) is 8.49. The van der Waals surface area contributed by atoms with Crippen LogP contribution in [0.4, 0.5) is 13.2 Å². The van der Waals surface area contributed by atoms with Crippen LogP contribution in [0.3, 0.4) is 0 Å². The smallest absolute Gasteiger partial charge is 0.404 e. The normalized spacial score (nSPS) is 16.0. The maximum atomic E-state index is 12.7. The molecule has 0 aliphatic carbocycles. The molecule has 0 fully saturated rings. The largest absolute Gasteiger partial charge is 0.460 e. The van der Waals surface area contributed by atoms with Gasteiger partial charge in [0, 0.05) is 0 Å². The molecule has 114 valence electrons. The number of ether oxygens (including phenoxy) is 1. The van der Waals surface area contributed by atoms with Crippen LogP contribution in [0.2, 0.25) is 0 Å². The van der Waals surface area contributed by atoms with Crippen molar-refractivity contribution in [2.24, 2.45) is 11.7 Å². The summed E-state index contributed by atoms with van der Waals surface area (Å²) < 4.78 is 43.0. The number of rotatable bonds is 6. The average molecular weight is 283 g/mol. The van der Waals surface area contributed by atoms with Crippen LogP contribution in [0.15, 0.2) is 0 Å². The van der Waals surface area contributed by atoms with E-state index in [1.807, 2.05) is 6.92 Å². The molecule has 0 saturated heterocycles. The van der Waals surface area contributed by atoms with Crippen molar-refractivity contribution in [2.75, 3.05) is 0 Å². The zero-order chi connectivity index (χ0) is 15.3. The van der Waals surface area contributed by atoms with Gasteiger partial charge >= 0.3 is 12.1 Å². The second-order valence-corrected chi connectivity index (χ2v) is 5.70. The van der Waals surface area contributed by atoms with Crippen molar-refractivity contribution in [3.05, 3.63) is 0 Å². The van der Waals surface area contributed by atoms with E-state index >= 15 is 0 Å². The van der Waals surface area contributed by atoms with Gasteiger partial charge in [-0.15, -0.1) is 0 Å². The minimum atomic E-state index is -4.59. The lowest BCUT2D eigenvalue weighted by Crippen LogP contribution is -2.48. The van der Waals surface area contributed by atoms with E-state index in [4.69, 9.17) is 10.5 Å². The molecular weight excluding hydrogens is 259 g/mol. The molecule has 0 aliphatic rings. The predicted molar refractivity (Wildman–Crippen MR) is 67.5 cm³/mol. The summed E-state index contributed by atoms with van der Waals surface area (Å²) in [5.41, 5.74) is 4.36. The first-order valence-electron chi connectivity index (χ1n) is 6.54. The van der Waals surface area contributed by atoms with Crippen LogP contribution in [-0.4, -0.2) is 23.8 Å². The highest BCUT2D eigenvalue weighted by atomic mass is 19.4. The van der Waals surface area contributed by atoms with E-state index in [1.165, 1.54) is 0 Å². The summed E-state index contributed by atoms with van der Waals surface area (Å²) in [7, 11) is 0. The molecule has 2 N–H and O–H groups in total. The average Bonchev–Trinajstić information content (AvgIpc) is 2.19. The van der Waals surface area contributed by atoms with Gasteiger partial charge in [0.1, 0.15) is 11.6 Å². The van der Waals surface area contributed by atoms with Crippen LogP contribution in [0.1, 0.15) is 53.4 Å². The molecule has 0 amide bonds. The van der Waals surface area contributed by atoms with Crippen molar-refractivity contribution >= 4 is 5.97 Å². The highest BCUT2D eigenvalue weighted by Gasteiger charge is 2.45. The Morgan fingerprint density at radius 1 is 1.21 bits per heavy atom. The van der Waals surface area contributed by atoms with Crippen molar-refractivity contribution in [3.63, 3.8) is 0 Å². The summed E-state index contributed by atoms with van der Waals surface area (Å²) in [6.45, 7) is 6.79. The van der Waals surface area contributed by atoms with Gasteiger partial charge in [-0.05, 0) is 27.2 Å². The predicted octanol–water partition coefficient (Wildman–Crippen LogP) is 3.41. The van der Waals surface area contributed by atoms with E-state index in [1.54, 1.807) is 20.8 Å². The molecule has 3 nitrogen and oxygen atoms in total. The van der Waals surface area contributed by atoms with Gasteiger partial charge < -0.3 is 10.5 Å². The Morgan fingerprint density at radius 3 is 2.11 bits per heavy atom. The van der Waals surface area contributed by atoms with Crippen LogP contribution in [0.25, 0.3) is 0 Å². The fourth-order valence-corrected chi connectivity index (χ4v) is 1.66. The number of carbonyl (C=O) groups excluding carboxylic acids is 1. The Bertz CT molecular complexity index is 285. The SMILES string of the molecule is CCCCC[C@@H](C(=O)OC(C)(C)C)[C@@H](N)C(F)(F)F. The molecule has 0 spiro atoms. The van der Waals surface area contributed by atoms with Crippen LogP contribution in [0, 0.1) is 5.92 Å². The van der Waals surface area contributed by atoms with Crippen molar-refractivity contribution in [3.8, 4) is 0 Å². The first kappa shape index (κ1) is 18.2. The van der Waals surface area contributed by atoms with Gasteiger partial charge in [0.05, 0.1) is 5.92 Å². The van der Waals surface area contributed by atoms with Crippen molar-refractivity contribution < 1.29 is 22.7 Å². The topological polar surface area (TPSA) is 52.3 Å². The van der Waals surface area contributed by atoms with E-state index in [-0.39, 0.29) is 6.42 Å². The quantitative estimate of drug-likeness (QED) is 0.600. The third-order valence-electron chi connectivity index (χ3n) is 2.64. The number of hydrogen-bond donors (Lipinski definition) is 1. The Balaban J connectivity index is 4.80. The standard InChI is InChI=1S/C13H24F3NO2/c1-5-6-7-8-9(10(17)13(14,15)16)11(18)19-12(2,3)4/h9-10H,5-8,17H2,1-4H3/t9-,10-/m1/s1. The van der Waals surface area contributed by atoms with Crippen LogP contribution < -0.4 is 5.73 Å². The lowest BCUT2D eigenvalue weighted by molar-refractivity contribution is -0.183. The monoisotopic (exact) mass is 283 g/mol. The van der Waals surface area contributed by atoms with E-state index in [9.17, 15) is 18.0 Å². The van der Waals surface area contributed by atoms with Crippen LogP contribution in [0.5, 0.6) is 0 Å². The molecule has 0 aliphatic heterocycles. The third kappa shape index (κ3) is 7.40. The molecule has 2 atom stereocenters. The molecule has 19 heavy (non-hydrogen) atoms. The molecule has 0 aromatic heterocycles. The zero-order valence-corrected chi connectivity index (χ0v) is 12.0. The molecule has 0 bridgehead atoms. The number of unbranched alkanes of at least 4 members (excludes halogenated alkanes) is 2. The van der Waals surface area contributed by atoms with Gasteiger partial charge in [-0.3, -0.25) is 4.79 Å². The molecule has 0 saturated carbocycles. The van der Waals surface area contributed by atoms with Crippen molar-refractivity contribution in [2.45, 2.75) is 71.2 Å². The Kier molecular flexibility index (Phi) is 6.83. The second kappa shape index (κ2) is 7.12. The van der Waals surface area contributed by atoms with E-state index in [2.05, 4.69) is 0 Å². The lowest BCUT2D eigenvalue weighted by Gasteiger charge is -2.28. The minimum Gasteiger partial charge on any atom is -0.460 e. The molecule has 6 heteroatoms. The Hall–Kier alpha value is -0.780. The molecule has 0 heterocycles. The molecule has 0 radical (unpaired) electrons. The van der Waals surface area contributed by atoms with E-state index in [0.717, 1.165) is 12.8 Å². The van der Waals surface area contributed by atoms with Gasteiger partial charge in [0.25, 0.3) is 0 Å². The number of esters is 1. The lowest BCUT2D eigenvalue weighted by atomic mass is 9.93. The van der Waals surface area contributed by atoms with Gasteiger partial charge in [-0.1, -0.05) is 26.2 Å². The van der Waals surface area contributed by atoms with Gasteiger partial charge in [-0.2, -0.15) is 13.2 Å². The molecule has 0 aromatic rings. The Morgan fingerprint density at radius 2 is 1.74 bits per heavy atom. The summed E-state index contributed by atoms with van der Waals surface area (Å²) in [4.78, 5) is 11.8. The summed E-state index contributed by atoms with van der Waals surface area (Å²) in [6.07, 6.45) is -2.33. The van der Waals surface area contributed by atoms with Gasteiger partial charge in [0.2, 0.25) is 0 Å². The fraction of sp³-hybridized carbons (Fsp3) is 0.923. The van der Waals surface area contributed by atoms with Crippen LogP contribution in [-0.2, 0) is 9.53 Å². The van der Waals surface area contributed by atoms with Crippen molar-refractivity contribution in [1.82, 2.24) is 0 Å². The number of nitrogens with two attached hydrogens (primary N) is 1. The minimum absolute atomic E-state index is 0.101. The summed E-state index contributed by atoms with van der Waals surface area (Å²) in [5, 5.41) is 0. The summed E-state index contributed by atoms with van der Waals surface area (Å²) in [6, 6.07) is -2.17. The van der Waals surface area contributed by atoms with E-state index < -0.39 is 29.7 Å².